The molecule has 0 bridgehead atoms. The van der Waals surface area contributed by atoms with E-state index in [1.54, 1.807) is 20.8 Å². The lowest BCUT2D eigenvalue weighted by atomic mass is 10.0. The summed E-state index contributed by atoms with van der Waals surface area (Å²) in [6, 6.07) is -0.357. The van der Waals surface area contributed by atoms with E-state index < -0.39 is 17.7 Å². The van der Waals surface area contributed by atoms with Crippen LogP contribution in [0, 0.1) is 0 Å². The van der Waals surface area contributed by atoms with Crippen molar-refractivity contribution in [3.8, 4) is 0 Å². The van der Waals surface area contributed by atoms with Gasteiger partial charge in [0.2, 0.25) is 0 Å². The van der Waals surface area contributed by atoms with E-state index in [2.05, 4.69) is 12.2 Å². The van der Waals surface area contributed by atoms with Crippen molar-refractivity contribution in [1.29, 1.82) is 0 Å². The molecule has 0 aliphatic heterocycles. The highest BCUT2D eigenvalue weighted by Gasteiger charge is 2.20. The van der Waals surface area contributed by atoms with Crippen molar-refractivity contribution in [2.75, 3.05) is 0 Å². The Morgan fingerprint density at radius 1 is 1.15 bits per heavy atom. The zero-order valence-electron chi connectivity index (χ0n) is 13.2. The molecule has 0 saturated carbocycles. The monoisotopic (exact) mass is 287 g/mol. The number of ether oxygens (including phenoxy) is 1. The Labute approximate surface area is 122 Å². The summed E-state index contributed by atoms with van der Waals surface area (Å²) in [4.78, 5) is 22.5. The molecule has 0 aromatic heterocycles. The third-order valence-electron chi connectivity index (χ3n) is 2.80. The SMILES string of the molecule is CCCCCCCC(CC(=O)O)NC(=O)OC(C)(C)C. The fraction of sp³-hybridized carbons (Fsp3) is 0.867. The Morgan fingerprint density at radius 3 is 2.25 bits per heavy atom. The second-order valence-corrected chi connectivity index (χ2v) is 6.14. The second-order valence-electron chi connectivity index (χ2n) is 6.14. The van der Waals surface area contributed by atoms with Crippen molar-refractivity contribution in [3.05, 3.63) is 0 Å². The van der Waals surface area contributed by atoms with Crippen LogP contribution in [0.5, 0.6) is 0 Å². The van der Waals surface area contributed by atoms with E-state index in [0.29, 0.717) is 6.42 Å². The molecule has 0 aliphatic rings. The molecular formula is C15H29NO4. The number of rotatable bonds is 9. The zero-order valence-corrected chi connectivity index (χ0v) is 13.2. The van der Waals surface area contributed by atoms with Crippen LogP contribution in [0.1, 0.15) is 72.6 Å². The highest BCUT2D eigenvalue weighted by Crippen LogP contribution is 2.11. The number of unbranched alkanes of at least 4 members (excludes halogenated alkanes) is 4. The van der Waals surface area contributed by atoms with Crippen LogP contribution in [0.2, 0.25) is 0 Å². The van der Waals surface area contributed by atoms with Gasteiger partial charge in [0.15, 0.2) is 0 Å². The third-order valence-corrected chi connectivity index (χ3v) is 2.80. The fourth-order valence-electron chi connectivity index (χ4n) is 1.90. The Bertz CT molecular complexity index is 297. The number of carboxylic acids is 1. The van der Waals surface area contributed by atoms with E-state index in [1.807, 2.05) is 0 Å². The van der Waals surface area contributed by atoms with Gasteiger partial charge in [-0.2, -0.15) is 0 Å². The summed E-state index contributed by atoms with van der Waals surface area (Å²) in [5, 5.41) is 11.5. The minimum atomic E-state index is -0.903. The Balaban J connectivity index is 4.14. The average molecular weight is 287 g/mol. The number of carbonyl (C=O) groups is 2. The van der Waals surface area contributed by atoms with Crippen molar-refractivity contribution in [1.82, 2.24) is 5.32 Å². The molecule has 5 nitrogen and oxygen atoms in total. The van der Waals surface area contributed by atoms with Crippen LogP contribution >= 0.6 is 0 Å². The predicted molar refractivity (Wildman–Crippen MR) is 78.8 cm³/mol. The van der Waals surface area contributed by atoms with Crippen molar-refractivity contribution in [2.24, 2.45) is 0 Å². The fourth-order valence-corrected chi connectivity index (χ4v) is 1.90. The molecule has 0 aromatic carbocycles. The number of hydrogen-bond donors (Lipinski definition) is 2. The maximum Gasteiger partial charge on any atom is 0.407 e. The lowest BCUT2D eigenvalue weighted by Gasteiger charge is -2.23. The van der Waals surface area contributed by atoms with E-state index in [9.17, 15) is 9.59 Å². The number of carboxylic acid groups (broad SMARTS) is 1. The molecule has 0 spiro atoms. The minimum Gasteiger partial charge on any atom is -0.481 e. The van der Waals surface area contributed by atoms with Crippen molar-refractivity contribution >= 4 is 12.1 Å². The molecular weight excluding hydrogens is 258 g/mol. The highest BCUT2D eigenvalue weighted by atomic mass is 16.6. The normalized spacial score (nSPS) is 12.8. The molecule has 0 heterocycles. The first-order valence-corrected chi connectivity index (χ1v) is 7.46. The van der Waals surface area contributed by atoms with Gasteiger partial charge in [0, 0.05) is 6.04 Å². The molecule has 118 valence electrons. The van der Waals surface area contributed by atoms with E-state index >= 15 is 0 Å². The first-order valence-electron chi connectivity index (χ1n) is 7.46. The summed E-state index contributed by atoms with van der Waals surface area (Å²) in [5.74, 6) is -0.903. The summed E-state index contributed by atoms with van der Waals surface area (Å²) >= 11 is 0. The average Bonchev–Trinajstić information content (AvgIpc) is 2.24. The number of carbonyl (C=O) groups excluding carboxylic acids is 1. The van der Waals surface area contributed by atoms with Gasteiger partial charge >= 0.3 is 12.1 Å². The summed E-state index contributed by atoms with van der Waals surface area (Å²) in [5.41, 5.74) is -0.570. The second kappa shape index (κ2) is 9.61. The number of hydrogen-bond acceptors (Lipinski definition) is 3. The molecule has 20 heavy (non-hydrogen) atoms. The number of amides is 1. The predicted octanol–water partition coefficient (Wildman–Crippen LogP) is 3.71. The molecule has 0 aliphatic carbocycles. The minimum absolute atomic E-state index is 0.0625. The van der Waals surface area contributed by atoms with Crippen molar-refractivity contribution < 1.29 is 19.4 Å². The maximum atomic E-state index is 11.7. The molecule has 1 atom stereocenters. The molecule has 0 rings (SSSR count). The zero-order chi connectivity index (χ0) is 15.6. The maximum absolute atomic E-state index is 11.7. The number of nitrogens with one attached hydrogen (secondary N) is 1. The van der Waals surface area contributed by atoms with Gasteiger partial charge in [-0.05, 0) is 27.2 Å². The molecule has 1 amide bonds. The summed E-state index contributed by atoms with van der Waals surface area (Å²) in [6.45, 7) is 7.49. The van der Waals surface area contributed by atoms with Gasteiger partial charge in [-0.25, -0.2) is 4.79 Å². The van der Waals surface area contributed by atoms with Crippen LogP contribution in [0.3, 0.4) is 0 Å². The topological polar surface area (TPSA) is 75.6 Å². The van der Waals surface area contributed by atoms with Gasteiger partial charge in [0.05, 0.1) is 6.42 Å². The lowest BCUT2D eigenvalue weighted by Crippen LogP contribution is -2.40. The highest BCUT2D eigenvalue weighted by molar-refractivity contribution is 5.71. The third kappa shape index (κ3) is 11.8. The summed E-state index contributed by atoms with van der Waals surface area (Å²) in [6.07, 6.45) is 5.59. The van der Waals surface area contributed by atoms with Gasteiger partial charge in [-0.3, -0.25) is 4.79 Å². The van der Waals surface area contributed by atoms with Gasteiger partial charge in [-0.15, -0.1) is 0 Å². The Hall–Kier alpha value is -1.26. The van der Waals surface area contributed by atoms with Crippen LogP contribution < -0.4 is 5.32 Å². The molecule has 1 unspecified atom stereocenters. The molecule has 0 aromatic rings. The van der Waals surface area contributed by atoms with E-state index in [-0.39, 0.29) is 12.5 Å². The molecule has 0 radical (unpaired) electrons. The summed E-state index contributed by atoms with van der Waals surface area (Å²) in [7, 11) is 0. The molecule has 0 saturated heterocycles. The molecule has 5 heteroatoms. The smallest absolute Gasteiger partial charge is 0.407 e. The van der Waals surface area contributed by atoms with Gasteiger partial charge in [-0.1, -0.05) is 39.0 Å². The quantitative estimate of drug-likeness (QED) is 0.634. The first-order chi connectivity index (χ1) is 9.24. The van der Waals surface area contributed by atoms with Crippen LogP contribution in [0.15, 0.2) is 0 Å². The lowest BCUT2D eigenvalue weighted by molar-refractivity contribution is -0.137. The standard InChI is InChI=1S/C15H29NO4/c1-5-6-7-8-9-10-12(11-13(17)18)16-14(19)20-15(2,3)4/h12H,5-11H2,1-4H3,(H,16,19)(H,17,18). The van der Waals surface area contributed by atoms with Crippen LogP contribution in [0.4, 0.5) is 4.79 Å². The van der Waals surface area contributed by atoms with Gasteiger partial charge in [0.25, 0.3) is 0 Å². The van der Waals surface area contributed by atoms with Crippen molar-refractivity contribution in [3.63, 3.8) is 0 Å². The molecule has 0 fully saturated rings. The van der Waals surface area contributed by atoms with E-state index in [1.165, 1.54) is 12.8 Å². The number of alkyl carbamates (subject to hydrolysis) is 1. The Kier molecular flexibility index (Phi) is 9.01. The largest absolute Gasteiger partial charge is 0.481 e. The number of aliphatic carboxylic acids is 1. The van der Waals surface area contributed by atoms with Gasteiger partial charge in [0.1, 0.15) is 5.60 Å². The van der Waals surface area contributed by atoms with Crippen LogP contribution in [-0.2, 0) is 9.53 Å². The Morgan fingerprint density at radius 2 is 1.75 bits per heavy atom. The van der Waals surface area contributed by atoms with E-state index in [4.69, 9.17) is 9.84 Å². The van der Waals surface area contributed by atoms with E-state index in [0.717, 1.165) is 19.3 Å². The molecule has 2 N–H and O–H groups in total. The summed E-state index contributed by atoms with van der Waals surface area (Å²) < 4.78 is 5.15. The van der Waals surface area contributed by atoms with Crippen molar-refractivity contribution in [2.45, 2.75) is 84.3 Å². The van der Waals surface area contributed by atoms with Crippen LogP contribution in [-0.4, -0.2) is 28.8 Å². The first kappa shape index (κ1) is 18.7. The van der Waals surface area contributed by atoms with Crippen LogP contribution in [0.25, 0.3) is 0 Å². The van der Waals surface area contributed by atoms with Gasteiger partial charge < -0.3 is 15.2 Å².